The Bertz CT molecular complexity index is 352. The standard InChI is InChI=1S/C8H9BrO3S.Na/c9-6-7-12-13(10,11)8-4-2-1-3-5-8;/h1-5H,6-7H2;. The third-order valence-corrected chi connectivity index (χ3v) is 3.00. The summed E-state index contributed by atoms with van der Waals surface area (Å²) in [6.07, 6.45) is 0. The monoisotopic (exact) mass is 287 g/mol. The van der Waals surface area contributed by atoms with E-state index in [0.29, 0.717) is 5.33 Å². The number of hydrogen-bond donors (Lipinski definition) is 0. The summed E-state index contributed by atoms with van der Waals surface area (Å²) in [5.41, 5.74) is 0. The minimum atomic E-state index is -3.55. The van der Waals surface area contributed by atoms with Gasteiger partial charge < -0.3 is 0 Å². The van der Waals surface area contributed by atoms with Crippen LogP contribution in [-0.4, -0.2) is 49.9 Å². The van der Waals surface area contributed by atoms with E-state index in [1.54, 1.807) is 18.2 Å². The van der Waals surface area contributed by atoms with Gasteiger partial charge in [-0.05, 0) is 12.1 Å². The van der Waals surface area contributed by atoms with Crippen molar-refractivity contribution in [2.75, 3.05) is 11.9 Å². The molecule has 1 aromatic carbocycles. The predicted molar refractivity (Wildman–Crippen MR) is 59.1 cm³/mol. The number of benzene rings is 1. The molecule has 0 heterocycles. The van der Waals surface area contributed by atoms with Crippen molar-refractivity contribution in [2.45, 2.75) is 4.90 Å². The van der Waals surface area contributed by atoms with Crippen LogP contribution in [-0.2, 0) is 14.3 Å². The largest absolute Gasteiger partial charge is 0.296 e. The summed E-state index contributed by atoms with van der Waals surface area (Å²) in [7, 11) is -3.55. The van der Waals surface area contributed by atoms with E-state index in [1.807, 2.05) is 0 Å². The smallest absolute Gasteiger partial charge is 0.265 e. The molecule has 0 spiro atoms. The molecule has 0 aliphatic carbocycles. The van der Waals surface area contributed by atoms with Crippen LogP contribution in [0.1, 0.15) is 0 Å². The van der Waals surface area contributed by atoms with Gasteiger partial charge in [-0.25, -0.2) is 0 Å². The van der Waals surface area contributed by atoms with Crippen molar-refractivity contribution in [3.63, 3.8) is 0 Å². The quantitative estimate of drug-likeness (QED) is 0.478. The van der Waals surface area contributed by atoms with Gasteiger partial charge >= 0.3 is 0 Å². The van der Waals surface area contributed by atoms with Crippen molar-refractivity contribution in [1.29, 1.82) is 0 Å². The molecule has 3 nitrogen and oxygen atoms in total. The van der Waals surface area contributed by atoms with Crippen molar-refractivity contribution >= 4 is 55.6 Å². The van der Waals surface area contributed by atoms with Crippen molar-refractivity contribution in [3.8, 4) is 0 Å². The summed E-state index contributed by atoms with van der Waals surface area (Å²) in [5.74, 6) is 0. The van der Waals surface area contributed by atoms with E-state index in [-0.39, 0.29) is 41.1 Å². The first-order valence-corrected chi connectivity index (χ1v) is 6.20. The number of hydrogen-bond acceptors (Lipinski definition) is 3. The van der Waals surface area contributed by atoms with Crippen molar-refractivity contribution in [3.05, 3.63) is 30.3 Å². The summed E-state index contributed by atoms with van der Waals surface area (Å²) in [4.78, 5) is 0.191. The summed E-state index contributed by atoms with van der Waals surface area (Å²) in [6.45, 7) is 0.150. The molecule has 0 bridgehead atoms. The second-order valence-electron chi connectivity index (χ2n) is 2.28. The SMILES string of the molecule is O=S(=O)(OCCBr)c1ccccc1.[Na]. The molecule has 6 heteroatoms. The first-order valence-electron chi connectivity index (χ1n) is 3.67. The molecule has 0 saturated carbocycles. The average molecular weight is 288 g/mol. The van der Waals surface area contributed by atoms with Crippen molar-refractivity contribution in [1.82, 2.24) is 0 Å². The van der Waals surface area contributed by atoms with Gasteiger partial charge in [0.25, 0.3) is 10.1 Å². The van der Waals surface area contributed by atoms with Gasteiger partial charge in [-0.15, -0.1) is 0 Å². The molecule has 1 aromatic rings. The van der Waals surface area contributed by atoms with Gasteiger partial charge in [0.15, 0.2) is 0 Å². The van der Waals surface area contributed by atoms with E-state index in [0.717, 1.165) is 0 Å². The second-order valence-corrected chi connectivity index (χ2v) is 4.69. The summed E-state index contributed by atoms with van der Waals surface area (Å²) in [5, 5.41) is 0.499. The minimum Gasteiger partial charge on any atom is -0.265 e. The van der Waals surface area contributed by atoms with Crippen molar-refractivity contribution in [2.24, 2.45) is 0 Å². The zero-order chi connectivity index (χ0) is 9.73. The van der Waals surface area contributed by atoms with Gasteiger partial charge in [0.1, 0.15) is 0 Å². The Morgan fingerprint density at radius 3 is 2.29 bits per heavy atom. The van der Waals surface area contributed by atoms with Crippen molar-refractivity contribution < 1.29 is 12.6 Å². The van der Waals surface area contributed by atoms with Crippen LogP contribution in [0, 0.1) is 0 Å². The molecule has 0 saturated heterocycles. The Morgan fingerprint density at radius 2 is 1.79 bits per heavy atom. The molecule has 0 unspecified atom stereocenters. The van der Waals surface area contributed by atoms with Gasteiger partial charge in [0.2, 0.25) is 0 Å². The number of rotatable bonds is 4. The maximum Gasteiger partial charge on any atom is 0.296 e. The normalized spacial score (nSPS) is 10.6. The summed E-state index contributed by atoms with van der Waals surface area (Å²) >= 11 is 3.09. The van der Waals surface area contributed by atoms with E-state index in [2.05, 4.69) is 15.9 Å². The van der Waals surface area contributed by atoms with Gasteiger partial charge in [-0.2, -0.15) is 8.42 Å². The van der Waals surface area contributed by atoms with Gasteiger partial charge in [-0.1, -0.05) is 34.1 Å². The second kappa shape index (κ2) is 6.98. The van der Waals surface area contributed by atoms with Crippen LogP contribution in [0.25, 0.3) is 0 Å². The molecule has 0 aliphatic heterocycles. The molecule has 0 N–H and O–H groups in total. The Balaban J connectivity index is 0.00000169. The van der Waals surface area contributed by atoms with E-state index < -0.39 is 10.1 Å². The zero-order valence-electron chi connectivity index (χ0n) is 7.81. The molecule has 73 valence electrons. The first-order chi connectivity index (χ1) is 6.17. The molecular formula is C8H9BrNaO3S. The van der Waals surface area contributed by atoms with E-state index in [4.69, 9.17) is 4.18 Å². The molecule has 0 atom stereocenters. The molecule has 0 fully saturated rings. The van der Waals surface area contributed by atoms with Gasteiger partial charge in [0.05, 0.1) is 11.5 Å². The predicted octanol–water partition coefficient (Wildman–Crippen LogP) is 1.41. The molecule has 1 radical (unpaired) electrons. The van der Waals surface area contributed by atoms with Crippen LogP contribution in [0.15, 0.2) is 35.2 Å². The Hall–Kier alpha value is 0.610. The molecule has 0 amide bonds. The zero-order valence-corrected chi connectivity index (χ0v) is 12.2. The molecule has 14 heavy (non-hydrogen) atoms. The van der Waals surface area contributed by atoms with Crippen LogP contribution in [0.3, 0.4) is 0 Å². The molecular weight excluding hydrogens is 279 g/mol. The Morgan fingerprint density at radius 1 is 1.21 bits per heavy atom. The fourth-order valence-corrected chi connectivity index (χ4v) is 2.10. The average Bonchev–Trinajstić information content (AvgIpc) is 2.16. The third kappa shape index (κ3) is 4.42. The van der Waals surface area contributed by atoms with Crippen LogP contribution in [0.2, 0.25) is 0 Å². The summed E-state index contributed by atoms with van der Waals surface area (Å²) in [6, 6.07) is 8.07. The van der Waals surface area contributed by atoms with E-state index >= 15 is 0 Å². The van der Waals surface area contributed by atoms with Gasteiger partial charge in [-0.3, -0.25) is 4.18 Å². The number of alkyl halides is 1. The third-order valence-electron chi connectivity index (χ3n) is 1.35. The topological polar surface area (TPSA) is 43.4 Å². The molecule has 0 aromatic heterocycles. The van der Waals surface area contributed by atoms with Crippen LogP contribution < -0.4 is 0 Å². The van der Waals surface area contributed by atoms with Crippen LogP contribution in [0.5, 0.6) is 0 Å². The Labute approximate surface area is 114 Å². The summed E-state index contributed by atoms with van der Waals surface area (Å²) < 4.78 is 27.4. The molecule has 1 rings (SSSR count). The van der Waals surface area contributed by atoms with Crippen LogP contribution in [0.4, 0.5) is 0 Å². The maximum absolute atomic E-state index is 11.3. The first kappa shape index (κ1) is 14.6. The van der Waals surface area contributed by atoms with E-state index in [1.165, 1.54) is 12.1 Å². The van der Waals surface area contributed by atoms with E-state index in [9.17, 15) is 8.42 Å². The Kier molecular flexibility index (Phi) is 7.28. The molecule has 0 aliphatic rings. The maximum atomic E-state index is 11.3. The fourth-order valence-electron chi connectivity index (χ4n) is 0.796. The van der Waals surface area contributed by atoms with Gasteiger partial charge in [0, 0.05) is 34.9 Å². The van der Waals surface area contributed by atoms with Crippen LogP contribution >= 0.6 is 15.9 Å². The fraction of sp³-hybridized carbons (Fsp3) is 0.250. The minimum absolute atomic E-state index is 0. The number of halogens is 1.